The molecule has 0 radical (unpaired) electrons. The zero-order valence-electron chi connectivity index (χ0n) is 33.6. The molecule has 282 valence electrons. The first-order valence-corrected chi connectivity index (χ1v) is 22.2. The van der Waals surface area contributed by atoms with E-state index in [2.05, 4.69) is 87.0 Å². The third-order valence-electron chi connectivity index (χ3n) is 16.7. The number of benzene rings is 3. The van der Waals surface area contributed by atoms with Crippen molar-refractivity contribution in [2.75, 3.05) is 0 Å². The highest BCUT2D eigenvalue weighted by molar-refractivity contribution is 6.33. The smallest absolute Gasteiger partial charge is 0.160 e. The van der Waals surface area contributed by atoms with E-state index in [0.29, 0.717) is 23.7 Å². The van der Waals surface area contributed by atoms with Gasteiger partial charge in [-0.1, -0.05) is 36.4 Å². The lowest BCUT2D eigenvalue weighted by Gasteiger charge is -2.38. The third kappa shape index (κ3) is 4.11. The van der Waals surface area contributed by atoms with Gasteiger partial charge >= 0.3 is 0 Å². The molecule has 0 amide bonds. The highest BCUT2D eigenvalue weighted by Gasteiger charge is 2.46. The standard InChI is InChI=1S/C52H49N5/c1-24-7-5-8-25(2)40(24)50-45-37(55-52(56-50)41-26(3)9-6-10-27(41)4)21-36-44-38(22-53-48-34-17-28-11-29(18-34)14-32(13-28)42(44)48)57-39-23-54-49-35-19-30-12-31(20-35)16-33(15-30)43(49)46(39)47(45)51(36)57/h5-10,21-23,28-35H,11-20H2,1-4H3. The second kappa shape index (κ2) is 11.0. The summed E-state index contributed by atoms with van der Waals surface area (Å²) in [5, 5.41) is 6.85. The van der Waals surface area contributed by atoms with Gasteiger partial charge < -0.3 is 4.40 Å². The van der Waals surface area contributed by atoms with Crippen molar-refractivity contribution in [1.29, 1.82) is 0 Å². The van der Waals surface area contributed by atoms with Crippen LogP contribution in [0.4, 0.5) is 0 Å². The molecule has 8 aliphatic carbocycles. The quantitative estimate of drug-likeness (QED) is 0.177. The van der Waals surface area contributed by atoms with Gasteiger partial charge in [-0.25, -0.2) is 9.97 Å². The van der Waals surface area contributed by atoms with Crippen molar-refractivity contribution in [3.8, 4) is 22.6 Å². The Kier molecular flexibility index (Phi) is 6.18. The Balaban J connectivity index is 1.22. The van der Waals surface area contributed by atoms with Crippen LogP contribution in [0.2, 0.25) is 0 Å². The number of aryl methyl sites for hydroxylation is 4. The van der Waals surface area contributed by atoms with Crippen molar-refractivity contribution in [2.45, 2.75) is 116 Å². The maximum Gasteiger partial charge on any atom is 0.160 e. The first-order valence-electron chi connectivity index (χ1n) is 22.2. The highest BCUT2D eigenvalue weighted by Crippen LogP contribution is 2.61. The Morgan fingerprint density at radius 3 is 1.56 bits per heavy atom. The van der Waals surface area contributed by atoms with Crippen molar-refractivity contribution in [1.82, 2.24) is 24.3 Å². The Morgan fingerprint density at radius 1 is 0.509 bits per heavy atom. The van der Waals surface area contributed by atoms with Crippen LogP contribution < -0.4 is 0 Å². The van der Waals surface area contributed by atoms with E-state index in [1.54, 1.807) is 11.1 Å². The number of nitrogens with zero attached hydrogens (tertiary/aromatic N) is 5. The van der Waals surface area contributed by atoms with E-state index in [4.69, 9.17) is 19.9 Å². The van der Waals surface area contributed by atoms with Crippen LogP contribution in [0.15, 0.2) is 54.9 Å². The van der Waals surface area contributed by atoms with Crippen LogP contribution in [0.1, 0.15) is 133 Å². The predicted molar refractivity (Wildman–Crippen MR) is 231 cm³/mol. The molecule has 0 aliphatic heterocycles. The summed E-state index contributed by atoms with van der Waals surface area (Å²) in [6, 6.07) is 15.8. The van der Waals surface area contributed by atoms with Crippen molar-refractivity contribution in [2.24, 2.45) is 23.7 Å². The van der Waals surface area contributed by atoms with Gasteiger partial charge in [-0.15, -0.1) is 0 Å². The van der Waals surface area contributed by atoms with Crippen molar-refractivity contribution in [3.63, 3.8) is 0 Å². The topological polar surface area (TPSA) is 56.0 Å². The molecule has 16 rings (SSSR count). The molecule has 3 aromatic carbocycles. The minimum atomic E-state index is 0.554. The SMILES string of the molecule is Cc1cccc(C)c1-c1nc(-c2c(C)cccc2C)c2c(cc3c4c5c(ncc4n4c6cnc7c(c6c2c34)C2CC3CC(CC7C3)C2)C2CC3CC(C2)CC5C3)n1. The summed E-state index contributed by atoms with van der Waals surface area (Å²) in [6.07, 6.45) is 17.9. The van der Waals surface area contributed by atoms with Crippen LogP contribution in [0, 0.1) is 51.4 Å². The molecule has 4 atom stereocenters. The number of rotatable bonds is 2. The van der Waals surface area contributed by atoms with Gasteiger partial charge in [0.2, 0.25) is 0 Å². The van der Waals surface area contributed by atoms with Crippen molar-refractivity contribution < 1.29 is 0 Å². The molecule has 5 heteroatoms. The van der Waals surface area contributed by atoms with Crippen LogP contribution in [-0.4, -0.2) is 24.3 Å². The van der Waals surface area contributed by atoms with Crippen molar-refractivity contribution in [3.05, 3.63) is 99.6 Å². The van der Waals surface area contributed by atoms with E-state index in [0.717, 1.165) is 46.3 Å². The molecule has 8 aromatic rings. The molecule has 8 aliphatic rings. The first kappa shape index (κ1) is 32.1. The summed E-state index contributed by atoms with van der Waals surface area (Å²) in [4.78, 5) is 22.6. The number of aromatic nitrogens is 5. The van der Waals surface area contributed by atoms with Gasteiger partial charge in [-0.05, 0) is 167 Å². The summed E-state index contributed by atoms with van der Waals surface area (Å²) in [6.45, 7) is 8.98. The summed E-state index contributed by atoms with van der Waals surface area (Å²) < 4.78 is 2.63. The molecule has 0 saturated heterocycles. The lowest BCUT2D eigenvalue weighted by atomic mass is 9.67. The van der Waals surface area contributed by atoms with E-state index in [1.807, 2.05) is 0 Å². The summed E-state index contributed by atoms with van der Waals surface area (Å²) >= 11 is 0. The van der Waals surface area contributed by atoms with Gasteiger partial charge in [0.25, 0.3) is 0 Å². The van der Waals surface area contributed by atoms with Gasteiger partial charge in [0.15, 0.2) is 5.82 Å². The number of pyridine rings is 2. The van der Waals surface area contributed by atoms with Crippen LogP contribution in [0.3, 0.4) is 0 Å². The fraction of sp³-hybridized carbons (Fsp3) is 0.423. The number of hydrogen-bond donors (Lipinski definition) is 0. The molecular formula is C52H49N5. The monoisotopic (exact) mass is 743 g/mol. The summed E-state index contributed by atoms with van der Waals surface area (Å²) in [7, 11) is 0. The van der Waals surface area contributed by atoms with E-state index in [-0.39, 0.29) is 0 Å². The maximum absolute atomic E-state index is 5.76. The Labute approximate surface area is 333 Å². The number of fused-ring (bicyclic) bond motifs is 8. The molecule has 4 fully saturated rings. The zero-order valence-corrected chi connectivity index (χ0v) is 33.6. The maximum atomic E-state index is 5.76. The molecule has 8 bridgehead atoms. The predicted octanol–water partition coefficient (Wildman–Crippen LogP) is 12.9. The molecule has 4 saturated carbocycles. The van der Waals surface area contributed by atoms with Crippen LogP contribution in [0.25, 0.3) is 71.6 Å². The zero-order chi connectivity index (χ0) is 37.6. The van der Waals surface area contributed by atoms with Gasteiger partial charge in [-0.2, -0.15) is 0 Å². The van der Waals surface area contributed by atoms with Crippen molar-refractivity contribution >= 4 is 49.0 Å². The average molecular weight is 744 g/mol. The third-order valence-corrected chi connectivity index (χ3v) is 16.7. The molecule has 0 N–H and O–H groups in total. The first-order chi connectivity index (χ1) is 27.9. The molecule has 5 aromatic heterocycles. The fourth-order valence-corrected chi connectivity index (χ4v) is 15.0. The van der Waals surface area contributed by atoms with Gasteiger partial charge in [-0.3, -0.25) is 9.97 Å². The minimum absolute atomic E-state index is 0.554. The molecular weight excluding hydrogens is 695 g/mol. The molecule has 0 spiro atoms. The summed E-state index contributed by atoms with van der Waals surface area (Å²) in [5.74, 6) is 6.46. The number of hydrogen-bond acceptors (Lipinski definition) is 4. The normalized spacial score (nSPS) is 28.4. The Morgan fingerprint density at radius 2 is 1.00 bits per heavy atom. The summed E-state index contributed by atoms with van der Waals surface area (Å²) in [5.41, 5.74) is 19.4. The van der Waals surface area contributed by atoms with Gasteiger partial charge in [0.05, 0.1) is 40.2 Å². The van der Waals surface area contributed by atoms with E-state index >= 15 is 0 Å². The fourth-order valence-electron chi connectivity index (χ4n) is 15.0. The second-order valence-electron chi connectivity index (χ2n) is 20.1. The molecule has 57 heavy (non-hydrogen) atoms. The Bertz CT molecular complexity index is 3030. The molecule has 5 nitrogen and oxygen atoms in total. The largest absolute Gasteiger partial charge is 0.305 e. The van der Waals surface area contributed by atoms with Crippen LogP contribution >= 0.6 is 0 Å². The average Bonchev–Trinajstić information content (AvgIpc) is 3.56. The van der Waals surface area contributed by atoms with E-state index in [9.17, 15) is 0 Å². The van der Waals surface area contributed by atoms with Crippen LogP contribution in [-0.2, 0) is 0 Å². The molecule has 5 heterocycles. The second-order valence-corrected chi connectivity index (χ2v) is 20.1. The molecule has 4 unspecified atom stereocenters. The minimum Gasteiger partial charge on any atom is -0.305 e. The van der Waals surface area contributed by atoms with E-state index in [1.165, 1.54) is 147 Å². The van der Waals surface area contributed by atoms with E-state index < -0.39 is 0 Å². The highest BCUT2D eigenvalue weighted by atomic mass is 15.0. The van der Waals surface area contributed by atoms with Gasteiger partial charge in [0, 0.05) is 61.3 Å². The lowest BCUT2D eigenvalue weighted by molar-refractivity contribution is 0.165. The Hall–Kier alpha value is -4.90. The lowest BCUT2D eigenvalue weighted by Crippen LogP contribution is -2.25. The van der Waals surface area contributed by atoms with Gasteiger partial charge in [0.1, 0.15) is 0 Å². The van der Waals surface area contributed by atoms with Crippen LogP contribution in [0.5, 0.6) is 0 Å².